The Labute approximate surface area is 139 Å². The van der Waals surface area contributed by atoms with Crippen LogP contribution in [0.4, 0.5) is 0 Å². The fourth-order valence-electron chi connectivity index (χ4n) is 4.36. The highest BCUT2D eigenvalue weighted by molar-refractivity contribution is 5.78. The lowest BCUT2D eigenvalue weighted by Crippen LogP contribution is -2.40. The van der Waals surface area contributed by atoms with Crippen molar-refractivity contribution in [2.24, 2.45) is 11.3 Å². The highest BCUT2D eigenvalue weighted by atomic mass is 16.2. The number of nitrogens with zero attached hydrogens (tertiary/aromatic N) is 2. The van der Waals surface area contributed by atoms with E-state index in [9.17, 15) is 4.79 Å². The molecule has 1 unspecified atom stereocenters. The van der Waals surface area contributed by atoms with E-state index in [4.69, 9.17) is 0 Å². The molecular formula is C20H26N2O. The maximum atomic E-state index is 12.5. The van der Waals surface area contributed by atoms with Crippen molar-refractivity contribution in [3.05, 3.63) is 48.2 Å². The minimum Gasteiger partial charge on any atom is -0.377 e. The van der Waals surface area contributed by atoms with E-state index in [0.717, 1.165) is 24.6 Å². The summed E-state index contributed by atoms with van der Waals surface area (Å²) in [5.41, 5.74) is 1.68. The molecule has 1 aromatic carbocycles. The Bertz CT molecular complexity index is 587. The predicted molar refractivity (Wildman–Crippen MR) is 91.8 cm³/mol. The third kappa shape index (κ3) is 3.15. The highest BCUT2D eigenvalue weighted by Crippen LogP contribution is 2.59. The van der Waals surface area contributed by atoms with Crippen molar-refractivity contribution in [2.75, 3.05) is 26.2 Å². The van der Waals surface area contributed by atoms with E-state index in [2.05, 4.69) is 22.1 Å². The number of hydrogen-bond donors (Lipinski definition) is 0. The van der Waals surface area contributed by atoms with Gasteiger partial charge in [-0.25, -0.2) is 0 Å². The second-order valence-electron chi connectivity index (χ2n) is 7.47. The molecule has 3 aliphatic rings. The second-order valence-corrected chi connectivity index (χ2v) is 7.47. The van der Waals surface area contributed by atoms with Crippen LogP contribution in [0.3, 0.4) is 0 Å². The fraction of sp³-hybridized carbons (Fsp3) is 0.550. The van der Waals surface area contributed by atoms with Gasteiger partial charge in [0.2, 0.25) is 5.91 Å². The van der Waals surface area contributed by atoms with E-state index in [1.807, 2.05) is 30.3 Å². The second kappa shape index (κ2) is 6.03. The summed E-state index contributed by atoms with van der Waals surface area (Å²) < 4.78 is 0. The molecule has 0 radical (unpaired) electrons. The van der Waals surface area contributed by atoms with Gasteiger partial charge in [-0.3, -0.25) is 4.79 Å². The van der Waals surface area contributed by atoms with Gasteiger partial charge in [0, 0.05) is 26.2 Å². The molecule has 0 aromatic heterocycles. The summed E-state index contributed by atoms with van der Waals surface area (Å²) in [5, 5.41) is 0. The normalized spacial score (nSPS) is 25.1. The van der Waals surface area contributed by atoms with E-state index >= 15 is 0 Å². The number of benzene rings is 1. The number of piperidine rings is 1. The molecule has 1 atom stereocenters. The zero-order valence-electron chi connectivity index (χ0n) is 13.8. The van der Waals surface area contributed by atoms with E-state index in [0.29, 0.717) is 17.7 Å². The molecule has 1 aliphatic carbocycles. The summed E-state index contributed by atoms with van der Waals surface area (Å²) >= 11 is 0. The number of likely N-dealkylation sites (tertiary alicyclic amines) is 1. The van der Waals surface area contributed by atoms with Gasteiger partial charge in [-0.05, 0) is 48.8 Å². The molecule has 122 valence electrons. The lowest BCUT2D eigenvalue weighted by molar-refractivity contribution is -0.132. The Balaban J connectivity index is 1.26. The van der Waals surface area contributed by atoms with Crippen molar-refractivity contribution in [1.82, 2.24) is 9.80 Å². The van der Waals surface area contributed by atoms with Gasteiger partial charge in [-0.1, -0.05) is 36.4 Å². The van der Waals surface area contributed by atoms with Gasteiger partial charge in [0.15, 0.2) is 0 Å². The maximum Gasteiger partial charge on any atom is 0.226 e. The van der Waals surface area contributed by atoms with Gasteiger partial charge in [0.05, 0.1) is 6.42 Å². The van der Waals surface area contributed by atoms with Crippen LogP contribution in [0.1, 0.15) is 31.2 Å². The van der Waals surface area contributed by atoms with Gasteiger partial charge >= 0.3 is 0 Å². The lowest BCUT2D eigenvalue weighted by atomic mass is 9.90. The first kappa shape index (κ1) is 14.8. The third-order valence-corrected chi connectivity index (χ3v) is 6.02. The molecule has 4 rings (SSSR count). The van der Waals surface area contributed by atoms with Gasteiger partial charge in [-0.15, -0.1) is 0 Å². The number of carbonyl (C=O) groups excluding carboxylic acids is 1. The summed E-state index contributed by atoms with van der Waals surface area (Å²) in [7, 11) is 0. The molecule has 1 aromatic rings. The minimum absolute atomic E-state index is 0.297. The summed E-state index contributed by atoms with van der Waals surface area (Å²) in [6.45, 7) is 4.35. The molecule has 1 amide bonds. The molecule has 1 saturated carbocycles. The minimum atomic E-state index is 0.297. The van der Waals surface area contributed by atoms with Gasteiger partial charge < -0.3 is 9.80 Å². The smallest absolute Gasteiger partial charge is 0.226 e. The van der Waals surface area contributed by atoms with Crippen LogP contribution in [-0.2, 0) is 11.2 Å². The molecule has 0 bridgehead atoms. The first-order chi connectivity index (χ1) is 11.3. The quantitative estimate of drug-likeness (QED) is 0.853. The molecule has 1 spiro atoms. The largest absolute Gasteiger partial charge is 0.377 e. The average Bonchev–Trinajstić information content (AvgIpc) is 2.97. The first-order valence-electron chi connectivity index (χ1n) is 8.98. The summed E-state index contributed by atoms with van der Waals surface area (Å²) in [6, 6.07) is 10.1. The van der Waals surface area contributed by atoms with Crippen LogP contribution in [0, 0.1) is 11.3 Å². The molecule has 2 aliphatic heterocycles. The van der Waals surface area contributed by atoms with Gasteiger partial charge in [0.25, 0.3) is 0 Å². The number of rotatable bonds is 4. The topological polar surface area (TPSA) is 23.6 Å². The van der Waals surface area contributed by atoms with Crippen LogP contribution in [-0.4, -0.2) is 41.9 Å². The number of carbonyl (C=O) groups is 1. The molecule has 23 heavy (non-hydrogen) atoms. The van der Waals surface area contributed by atoms with Crippen molar-refractivity contribution in [2.45, 2.75) is 32.1 Å². The Morgan fingerprint density at radius 1 is 1.13 bits per heavy atom. The monoisotopic (exact) mass is 310 g/mol. The Kier molecular flexibility index (Phi) is 3.88. The van der Waals surface area contributed by atoms with Crippen molar-refractivity contribution < 1.29 is 4.79 Å². The standard InChI is InChI=1S/C20H26N2O/c23-19(14-17-6-2-1-3-7-17)22-12-8-20(9-13-22)15-18(20)16-21-10-4-5-11-21/h1-4,6-7,10,18H,5,8-9,11-16H2. The van der Waals surface area contributed by atoms with Crippen LogP contribution in [0.15, 0.2) is 42.6 Å². The summed E-state index contributed by atoms with van der Waals surface area (Å²) in [4.78, 5) is 17.0. The maximum absolute atomic E-state index is 12.5. The third-order valence-electron chi connectivity index (χ3n) is 6.02. The van der Waals surface area contributed by atoms with E-state index in [1.54, 1.807) is 0 Å². The van der Waals surface area contributed by atoms with Crippen molar-refractivity contribution in [1.29, 1.82) is 0 Å². The van der Waals surface area contributed by atoms with Gasteiger partial charge in [0.1, 0.15) is 0 Å². The number of hydrogen-bond acceptors (Lipinski definition) is 2. The SMILES string of the molecule is O=C(Cc1ccccc1)N1CCC2(CC1)CC2CN1C=CCC1. The van der Waals surface area contributed by atoms with Crippen LogP contribution in [0.2, 0.25) is 0 Å². The summed E-state index contributed by atoms with van der Waals surface area (Å²) in [5.74, 6) is 1.15. The van der Waals surface area contributed by atoms with Crippen LogP contribution >= 0.6 is 0 Å². The molecule has 3 heteroatoms. The van der Waals surface area contributed by atoms with Crippen LogP contribution < -0.4 is 0 Å². The van der Waals surface area contributed by atoms with Crippen molar-refractivity contribution in [3.8, 4) is 0 Å². The van der Waals surface area contributed by atoms with Gasteiger partial charge in [-0.2, -0.15) is 0 Å². The average molecular weight is 310 g/mol. The van der Waals surface area contributed by atoms with E-state index < -0.39 is 0 Å². The van der Waals surface area contributed by atoms with Crippen molar-refractivity contribution >= 4 is 5.91 Å². The molecular weight excluding hydrogens is 284 g/mol. The first-order valence-corrected chi connectivity index (χ1v) is 8.98. The van der Waals surface area contributed by atoms with Crippen molar-refractivity contribution in [3.63, 3.8) is 0 Å². The zero-order chi connectivity index (χ0) is 15.7. The molecule has 2 fully saturated rings. The molecule has 1 saturated heterocycles. The summed E-state index contributed by atoms with van der Waals surface area (Å²) in [6.07, 6.45) is 10.1. The van der Waals surface area contributed by atoms with Crippen LogP contribution in [0.5, 0.6) is 0 Å². The Morgan fingerprint density at radius 2 is 1.91 bits per heavy atom. The molecule has 0 N–H and O–H groups in total. The van der Waals surface area contributed by atoms with Crippen LogP contribution in [0.25, 0.3) is 0 Å². The highest BCUT2D eigenvalue weighted by Gasteiger charge is 2.55. The Hall–Kier alpha value is -1.77. The zero-order valence-corrected chi connectivity index (χ0v) is 13.8. The lowest BCUT2D eigenvalue weighted by Gasteiger charge is -2.33. The molecule has 2 heterocycles. The predicted octanol–water partition coefficient (Wildman–Crippen LogP) is 3.08. The fourth-order valence-corrected chi connectivity index (χ4v) is 4.36. The number of amides is 1. The Morgan fingerprint density at radius 3 is 2.61 bits per heavy atom. The van der Waals surface area contributed by atoms with E-state index in [1.165, 1.54) is 38.8 Å². The molecule has 3 nitrogen and oxygen atoms in total. The van der Waals surface area contributed by atoms with E-state index in [-0.39, 0.29) is 0 Å².